The zero-order valence-corrected chi connectivity index (χ0v) is 16.9. The predicted octanol–water partition coefficient (Wildman–Crippen LogP) is 2.73. The molecule has 2 atom stereocenters. The largest absolute Gasteiger partial charge is 0.365 e. The minimum absolute atomic E-state index is 0.0142. The van der Waals surface area contributed by atoms with Crippen molar-refractivity contribution in [2.24, 2.45) is 5.92 Å². The highest BCUT2D eigenvalue weighted by Crippen LogP contribution is 2.38. The maximum absolute atomic E-state index is 13.2. The lowest BCUT2D eigenvalue weighted by Gasteiger charge is -2.49. The Morgan fingerprint density at radius 3 is 2.70 bits per heavy atom. The number of fused-ring (bicyclic) bond motifs is 3. The van der Waals surface area contributed by atoms with Gasteiger partial charge in [0.25, 0.3) is 5.69 Å². The molecule has 0 unspecified atom stereocenters. The summed E-state index contributed by atoms with van der Waals surface area (Å²) < 4.78 is 13.2. The van der Waals surface area contributed by atoms with E-state index in [2.05, 4.69) is 15.1 Å². The summed E-state index contributed by atoms with van der Waals surface area (Å²) in [6.07, 6.45) is 0.481. The minimum Gasteiger partial charge on any atom is -0.365 e. The molecule has 2 aliphatic heterocycles. The molecule has 1 fully saturated rings. The van der Waals surface area contributed by atoms with Crippen molar-refractivity contribution in [3.63, 3.8) is 0 Å². The Morgan fingerprint density at radius 2 is 2.00 bits per heavy atom. The number of carbonyl (C=O) groups excluding carboxylic acids is 1. The van der Waals surface area contributed by atoms with Crippen LogP contribution in [0.2, 0.25) is 0 Å². The molecule has 0 radical (unpaired) electrons. The summed E-state index contributed by atoms with van der Waals surface area (Å²) in [6, 6.07) is 11.4. The number of halogens is 1. The zero-order chi connectivity index (χ0) is 21.3. The number of carbonyl (C=O) groups is 1. The molecule has 7 nitrogen and oxygen atoms in total. The van der Waals surface area contributed by atoms with E-state index in [4.69, 9.17) is 0 Å². The number of amides is 1. The Bertz CT molecular complexity index is 950. The molecule has 158 valence electrons. The Labute approximate surface area is 174 Å². The van der Waals surface area contributed by atoms with E-state index in [9.17, 15) is 19.3 Å². The van der Waals surface area contributed by atoms with Gasteiger partial charge in [-0.2, -0.15) is 0 Å². The van der Waals surface area contributed by atoms with Gasteiger partial charge in [0.2, 0.25) is 5.91 Å². The SMILES string of the molecule is CCNC(=O)[C@@H]1Cc2cc([N+](=O)[O-])ccc2N2CCN(Cc3ccc(F)cc3)C[C@@H]12. The first-order valence-corrected chi connectivity index (χ1v) is 10.2. The highest BCUT2D eigenvalue weighted by atomic mass is 19.1. The lowest BCUT2D eigenvalue weighted by atomic mass is 9.83. The molecule has 1 amide bonds. The number of nitro groups is 1. The first-order chi connectivity index (χ1) is 14.5. The summed E-state index contributed by atoms with van der Waals surface area (Å²) in [5.41, 5.74) is 2.92. The van der Waals surface area contributed by atoms with Crippen LogP contribution in [0.4, 0.5) is 15.8 Å². The quantitative estimate of drug-likeness (QED) is 0.604. The molecule has 2 aliphatic rings. The molecule has 8 heteroatoms. The second-order valence-electron chi connectivity index (χ2n) is 7.90. The number of nitrogens with zero attached hydrogens (tertiary/aromatic N) is 3. The van der Waals surface area contributed by atoms with Gasteiger partial charge in [-0.25, -0.2) is 4.39 Å². The third-order valence-electron chi connectivity index (χ3n) is 6.00. The molecule has 1 N–H and O–H groups in total. The maximum atomic E-state index is 13.2. The van der Waals surface area contributed by atoms with Gasteiger partial charge in [0.1, 0.15) is 5.82 Å². The fraction of sp³-hybridized carbons (Fsp3) is 0.409. The number of benzene rings is 2. The van der Waals surface area contributed by atoms with Crippen LogP contribution in [0.5, 0.6) is 0 Å². The molecule has 0 aromatic heterocycles. The van der Waals surface area contributed by atoms with Gasteiger partial charge in [0.05, 0.1) is 16.9 Å². The van der Waals surface area contributed by atoms with Gasteiger partial charge in [-0.1, -0.05) is 12.1 Å². The molecule has 4 rings (SSSR count). The van der Waals surface area contributed by atoms with Gasteiger partial charge in [-0.15, -0.1) is 0 Å². The summed E-state index contributed by atoms with van der Waals surface area (Å²) in [5.74, 6) is -0.554. The number of hydrogen-bond donors (Lipinski definition) is 1. The average molecular weight is 412 g/mol. The molecular formula is C22H25FN4O3. The van der Waals surface area contributed by atoms with Crippen molar-refractivity contribution < 1.29 is 14.1 Å². The highest BCUT2D eigenvalue weighted by molar-refractivity contribution is 5.82. The molecule has 0 bridgehead atoms. The van der Waals surface area contributed by atoms with Crippen LogP contribution in [-0.2, 0) is 17.8 Å². The monoisotopic (exact) mass is 412 g/mol. The molecular weight excluding hydrogens is 387 g/mol. The summed E-state index contributed by atoms with van der Waals surface area (Å²) in [4.78, 5) is 28.2. The van der Waals surface area contributed by atoms with Crippen LogP contribution in [0.3, 0.4) is 0 Å². The Kier molecular flexibility index (Phi) is 5.67. The van der Waals surface area contributed by atoms with E-state index in [-0.39, 0.29) is 29.4 Å². The lowest BCUT2D eigenvalue weighted by Crippen LogP contribution is -2.60. The van der Waals surface area contributed by atoms with Crippen LogP contribution < -0.4 is 10.2 Å². The van der Waals surface area contributed by atoms with Crippen LogP contribution in [0.25, 0.3) is 0 Å². The molecule has 0 aliphatic carbocycles. The number of rotatable bonds is 5. The van der Waals surface area contributed by atoms with Crippen molar-refractivity contribution in [3.05, 3.63) is 69.5 Å². The van der Waals surface area contributed by atoms with Crippen molar-refractivity contribution in [1.82, 2.24) is 10.2 Å². The molecule has 30 heavy (non-hydrogen) atoms. The van der Waals surface area contributed by atoms with Crippen molar-refractivity contribution in [3.8, 4) is 0 Å². The Morgan fingerprint density at radius 1 is 1.23 bits per heavy atom. The van der Waals surface area contributed by atoms with Crippen LogP contribution >= 0.6 is 0 Å². The molecule has 1 saturated heterocycles. The van der Waals surface area contributed by atoms with E-state index in [1.165, 1.54) is 18.2 Å². The number of nitro benzene ring substituents is 1. The average Bonchev–Trinajstić information content (AvgIpc) is 2.74. The molecule has 2 aromatic carbocycles. The highest BCUT2D eigenvalue weighted by Gasteiger charge is 2.41. The van der Waals surface area contributed by atoms with Crippen LogP contribution in [0.1, 0.15) is 18.1 Å². The lowest BCUT2D eigenvalue weighted by molar-refractivity contribution is -0.384. The van der Waals surface area contributed by atoms with Crippen LogP contribution in [0.15, 0.2) is 42.5 Å². The van der Waals surface area contributed by atoms with Gasteiger partial charge in [-0.05, 0) is 42.7 Å². The summed E-state index contributed by atoms with van der Waals surface area (Å²) in [6.45, 7) is 5.36. The Balaban J connectivity index is 1.60. The molecule has 2 heterocycles. The number of nitrogens with one attached hydrogen (secondary N) is 1. The fourth-order valence-electron chi connectivity index (χ4n) is 4.58. The zero-order valence-electron chi connectivity index (χ0n) is 16.9. The van der Waals surface area contributed by atoms with Gasteiger partial charge in [0, 0.05) is 50.5 Å². The van der Waals surface area contributed by atoms with Gasteiger partial charge in [-0.3, -0.25) is 19.8 Å². The number of piperazine rings is 1. The van der Waals surface area contributed by atoms with Gasteiger partial charge >= 0.3 is 0 Å². The van der Waals surface area contributed by atoms with Crippen molar-refractivity contribution >= 4 is 17.3 Å². The third-order valence-corrected chi connectivity index (χ3v) is 6.00. The van der Waals surface area contributed by atoms with Crippen LogP contribution in [-0.4, -0.2) is 48.0 Å². The van der Waals surface area contributed by atoms with E-state index in [0.29, 0.717) is 26.1 Å². The Hall–Kier alpha value is -3.00. The van der Waals surface area contributed by atoms with E-state index in [1.807, 2.05) is 13.0 Å². The fourth-order valence-corrected chi connectivity index (χ4v) is 4.58. The molecule has 2 aromatic rings. The van der Waals surface area contributed by atoms with E-state index in [1.54, 1.807) is 18.2 Å². The van der Waals surface area contributed by atoms with E-state index < -0.39 is 4.92 Å². The number of anilines is 1. The predicted molar refractivity (Wildman–Crippen MR) is 112 cm³/mol. The van der Waals surface area contributed by atoms with E-state index >= 15 is 0 Å². The molecule has 0 saturated carbocycles. The smallest absolute Gasteiger partial charge is 0.269 e. The summed E-state index contributed by atoms with van der Waals surface area (Å²) in [7, 11) is 0. The van der Waals surface area contributed by atoms with Crippen molar-refractivity contribution in [1.29, 1.82) is 0 Å². The first-order valence-electron chi connectivity index (χ1n) is 10.2. The third kappa shape index (κ3) is 4.00. The topological polar surface area (TPSA) is 78.7 Å². The standard InChI is InChI=1S/C22H25FN4O3/c1-2-24-22(28)19-12-16-11-18(27(29)30)7-8-20(16)26-10-9-25(14-21(19)26)13-15-3-5-17(23)6-4-15/h3-8,11,19,21H,2,9-10,12-14H2,1H3,(H,24,28)/t19-,21+/m1/s1. The van der Waals surface area contributed by atoms with Gasteiger partial charge < -0.3 is 10.2 Å². The van der Waals surface area contributed by atoms with Crippen molar-refractivity contribution in [2.45, 2.75) is 25.9 Å². The summed E-state index contributed by atoms with van der Waals surface area (Å²) in [5, 5.41) is 14.1. The van der Waals surface area contributed by atoms with Crippen LogP contribution in [0, 0.1) is 21.8 Å². The number of hydrogen-bond acceptors (Lipinski definition) is 5. The normalized spacial score (nSPS) is 20.9. The maximum Gasteiger partial charge on any atom is 0.269 e. The summed E-state index contributed by atoms with van der Waals surface area (Å²) >= 11 is 0. The second kappa shape index (κ2) is 8.39. The second-order valence-corrected chi connectivity index (χ2v) is 7.90. The number of non-ortho nitro benzene ring substituents is 1. The first kappa shape index (κ1) is 20.3. The van der Waals surface area contributed by atoms with Crippen molar-refractivity contribution in [2.75, 3.05) is 31.1 Å². The molecule has 0 spiro atoms. The van der Waals surface area contributed by atoms with Gasteiger partial charge in [0.15, 0.2) is 0 Å². The minimum atomic E-state index is -0.395. The van der Waals surface area contributed by atoms with E-state index in [0.717, 1.165) is 29.9 Å².